The fourth-order valence-electron chi connectivity index (χ4n) is 2.30. The van der Waals surface area contributed by atoms with E-state index in [2.05, 4.69) is 5.92 Å². The van der Waals surface area contributed by atoms with Crippen LogP contribution in [0.15, 0.2) is 48.5 Å². The van der Waals surface area contributed by atoms with E-state index in [1.54, 1.807) is 24.3 Å². The first kappa shape index (κ1) is 17.6. The molecule has 0 aliphatic rings. The molecule has 0 bridgehead atoms. The Bertz CT molecular complexity index is 749. The van der Waals surface area contributed by atoms with Crippen LogP contribution in [0.3, 0.4) is 0 Å². The van der Waals surface area contributed by atoms with E-state index < -0.39 is 6.10 Å². The molecule has 0 fully saturated rings. The third-order valence-electron chi connectivity index (χ3n) is 3.62. The fourth-order valence-corrected chi connectivity index (χ4v) is 2.30. The van der Waals surface area contributed by atoms with Gasteiger partial charge in [0.25, 0.3) is 0 Å². The molecule has 24 heavy (non-hydrogen) atoms. The summed E-state index contributed by atoms with van der Waals surface area (Å²) in [5.74, 6) is 3.14. The molecule has 1 atom stereocenters. The zero-order valence-corrected chi connectivity index (χ0v) is 13.9. The van der Waals surface area contributed by atoms with Gasteiger partial charge in [-0.15, -0.1) is 6.42 Å². The molecule has 4 nitrogen and oxygen atoms in total. The summed E-state index contributed by atoms with van der Waals surface area (Å²) in [6.07, 6.45) is 4.73. The number of hydrogen-bond acceptors (Lipinski definition) is 4. The van der Waals surface area contributed by atoms with Crippen molar-refractivity contribution in [3.05, 3.63) is 59.7 Å². The van der Waals surface area contributed by atoms with Crippen molar-refractivity contribution in [2.24, 2.45) is 0 Å². The molecule has 1 unspecified atom stereocenters. The smallest absolute Gasteiger partial charge is 0.159 e. The number of hydrogen-bond donors (Lipinski definition) is 1. The van der Waals surface area contributed by atoms with Crippen LogP contribution in [0.2, 0.25) is 0 Å². The van der Waals surface area contributed by atoms with E-state index in [4.69, 9.17) is 11.2 Å². The number of aliphatic hydroxyl groups is 1. The lowest BCUT2D eigenvalue weighted by Gasteiger charge is -2.23. The summed E-state index contributed by atoms with van der Waals surface area (Å²) in [6, 6.07) is 14.5. The molecule has 1 N–H and O–H groups in total. The van der Waals surface area contributed by atoms with Crippen LogP contribution in [-0.2, 0) is 0 Å². The van der Waals surface area contributed by atoms with E-state index in [-0.39, 0.29) is 12.4 Å². The predicted molar refractivity (Wildman–Crippen MR) is 95.6 cm³/mol. The van der Waals surface area contributed by atoms with Crippen molar-refractivity contribution >= 4 is 11.5 Å². The number of Topliss-reactive ketones (excluding diaryl/α,β-unsaturated/α-hetero) is 1. The second-order valence-electron chi connectivity index (χ2n) is 5.62. The molecule has 2 rings (SSSR count). The van der Waals surface area contributed by atoms with E-state index in [0.29, 0.717) is 17.9 Å². The van der Waals surface area contributed by atoms with Crippen LogP contribution >= 0.6 is 0 Å². The minimum absolute atomic E-state index is 0.0193. The molecule has 2 aromatic rings. The van der Waals surface area contributed by atoms with Crippen molar-refractivity contribution < 1.29 is 14.6 Å². The minimum atomic E-state index is -0.675. The zero-order valence-electron chi connectivity index (χ0n) is 13.9. The molecule has 0 amide bonds. The SMILES string of the molecule is C#Cc1cccc(N(C)CC(O)COc2cccc(C(C)=O)c2)c1. The summed E-state index contributed by atoms with van der Waals surface area (Å²) in [5.41, 5.74) is 2.32. The molecule has 0 spiro atoms. The molecular formula is C20H21NO3. The predicted octanol–water partition coefficient (Wildman–Crippen LogP) is 2.75. The van der Waals surface area contributed by atoms with Gasteiger partial charge in [0.1, 0.15) is 18.5 Å². The highest BCUT2D eigenvalue weighted by Crippen LogP contribution is 2.16. The second-order valence-corrected chi connectivity index (χ2v) is 5.62. The molecule has 0 aliphatic heterocycles. The van der Waals surface area contributed by atoms with Crippen molar-refractivity contribution in [3.63, 3.8) is 0 Å². The molecular weight excluding hydrogens is 302 g/mol. The van der Waals surface area contributed by atoms with Crippen LogP contribution in [-0.4, -0.2) is 37.2 Å². The van der Waals surface area contributed by atoms with Crippen molar-refractivity contribution in [2.75, 3.05) is 25.1 Å². The molecule has 124 valence electrons. The number of anilines is 1. The number of aliphatic hydroxyl groups excluding tert-OH is 1. The lowest BCUT2D eigenvalue weighted by atomic mass is 10.1. The largest absolute Gasteiger partial charge is 0.491 e. The number of carbonyl (C=O) groups excluding carboxylic acids is 1. The summed E-state index contributed by atoms with van der Waals surface area (Å²) in [7, 11) is 1.88. The molecule has 0 aliphatic carbocycles. The maximum absolute atomic E-state index is 11.4. The summed E-state index contributed by atoms with van der Waals surface area (Å²) >= 11 is 0. The van der Waals surface area contributed by atoms with Crippen LogP contribution in [0.5, 0.6) is 5.75 Å². The highest BCUT2D eigenvalue weighted by atomic mass is 16.5. The van der Waals surface area contributed by atoms with Gasteiger partial charge < -0.3 is 14.7 Å². The van der Waals surface area contributed by atoms with Gasteiger partial charge in [-0.25, -0.2) is 0 Å². The molecule has 0 saturated heterocycles. The van der Waals surface area contributed by atoms with Gasteiger partial charge in [0.15, 0.2) is 5.78 Å². The topological polar surface area (TPSA) is 49.8 Å². The second kappa shape index (κ2) is 8.19. The summed E-state index contributed by atoms with van der Waals surface area (Å²) < 4.78 is 5.58. The van der Waals surface area contributed by atoms with Gasteiger partial charge in [0.2, 0.25) is 0 Å². The van der Waals surface area contributed by atoms with Crippen molar-refractivity contribution in [1.29, 1.82) is 0 Å². The lowest BCUT2D eigenvalue weighted by Crippen LogP contribution is -2.33. The molecule has 0 saturated carbocycles. The number of carbonyl (C=O) groups is 1. The Hall–Kier alpha value is -2.77. The summed E-state index contributed by atoms with van der Waals surface area (Å²) in [4.78, 5) is 13.3. The normalized spacial score (nSPS) is 11.4. The van der Waals surface area contributed by atoms with E-state index >= 15 is 0 Å². The zero-order chi connectivity index (χ0) is 17.5. The number of rotatable bonds is 7. The molecule has 0 heterocycles. The summed E-state index contributed by atoms with van der Waals surface area (Å²) in [5, 5.41) is 10.2. The molecule has 2 aromatic carbocycles. The van der Waals surface area contributed by atoms with Gasteiger partial charge in [-0.05, 0) is 37.3 Å². The first-order valence-electron chi connectivity index (χ1n) is 7.69. The van der Waals surface area contributed by atoms with Crippen molar-refractivity contribution in [3.8, 4) is 18.1 Å². The quantitative estimate of drug-likeness (QED) is 0.629. The Kier molecular flexibility index (Phi) is 6.00. The molecule has 4 heteroatoms. The number of ether oxygens (including phenoxy) is 1. The van der Waals surface area contributed by atoms with Gasteiger partial charge in [0.05, 0.1) is 0 Å². The first-order chi connectivity index (χ1) is 11.5. The minimum Gasteiger partial charge on any atom is -0.491 e. The van der Waals surface area contributed by atoms with E-state index in [1.165, 1.54) is 6.92 Å². The van der Waals surface area contributed by atoms with Crippen molar-refractivity contribution in [1.82, 2.24) is 0 Å². The molecule has 0 radical (unpaired) electrons. The van der Waals surface area contributed by atoms with Gasteiger partial charge in [-0.2, -0.15) is 0 Å². The van der Waals surface area contributed by atoms with Gasteiger partial charge in [-0.3, -0.25) is 4.79 Å². The van der Waals surface area contributed by atoms with Crippen LogP contribution < -0.4 is 9.64 Å². The summed E-state index contributed by atoms with van der Waals surface area (Å²) in [6.45, 7) is 2.05. The van der Waals surface area contributed by atoms with E-state index in [0.717, 1.165) is 11.3 Å². The fraction of sp³-hybridized carbons (Fsp3) is 0.250. The number of terminal acetylenes is 1. The van der Waals surface area contributed by atoms with Gasteiger partial charge >= 0.3 is 0 Å². The average Bonchev–Trinajstić information content (AvgIpc) is 2.60. The lowest BCUT2D eigenvalue weighted by molar-refractivity contribution is 0.101. The number of likely N-dealkylation sites (N-methyl/N-ethyl adjacent to an activating group) is 1. The Morgan fingerprint density at radius 3 is 2.75 bits per heavy atom. The third kappa shape index (κ3) is 4.87. The average molecular weight is 323 g/mol. The Morgan fingerprint density at radius 2 is 2.04 bits per heavy atom. The Balaban J connectivity index is 1.91. The van der Waals surface area contributed by atoms with Crippen LogP contribution in [0.1, 0.15) is 22.8 Å². The maximum Gasteiger partial charge on any atom is 0.159 e. The standard InChI is InChI=1S/C20H21NO3/c1-4-16-7-5-9-18(11-16)21(3)13-19(23)14-24-20-10-6-8-17(12-20)15(2)22/h1,5-12,19,23H,13-14H2,2-3H3. The monoisotopic (exact) mass is 323 g/mol. The highest BCUT2D eigenvalue weighted by molar-refractivity contribution is 5.94. The molecule has 0 aromatic heterocycles. The first-order valence-corrected chi connectivity index (χ1v) is 7.69. The van der Waals surface area contributed by atoms with E-state index in [9.17, 15) is 9.90 Å². The number of nitrogens with zero attached hydrogens (tertiary/aromatic N) is 1. The Labute approximate surface area is 142 Å². The Morgan fingerprint density at radius 1 is 1.29 bits per heavy atom. The maximum atomic E-state index is 11.4. The van der Waals surface area contributed by atoms with E-state index in [1.807, 2.05) is 36.2 Å². The third-order valence-corrected chi connectivity index (χ3v) is 3.62. The van der Waals surface area contributed by atoms with Crippen LogP contribution in [0, 0.1) is 12.3 Å². The van der Waals surface area contributed by atoms with Gasteiger partial charge in [-0.1, -0.05) is 24.1 Å². The number of benzene rings is 2. The van der Waals surface area contributed by atoms with Crippen LogP contribution in [0.4, 0.5) is 5.69 Å². The van der Waals surface area contributed by atoms with Gasteiger partial charge in [0, 0.05) is 30.4 Å². The number of ketones is 1. The highest BCUT2D eigenvalue weighted by Gasteiger charge is 2.11. The van der Waals surface area contributed by atoms with Crippen molar-refractivity contribution in [2.45, 2.75) is 13.0 Å². The van der Waals surface area contributed by atoms with Crippen LogP contribution in [0.25, 0.3) is 0 Å².